The van der Waals surface area contributed by atoms with E-state index in [2.05, 4.69) is 4.99 Å². The largest absolute Gasteiger partial charge is 0.545 e. The van der Waals surface area contributed by atoms with E-state index < -0.39 is 5.97 Å². The average molecular weight is 278 g/mol. The fourth-order valence-corrected chi connectivity index (χ4v) is 2.61. The third kappa shape index (κ3) is 2.83. The van der Waals surface area contributed by atoms with E-state index in [1.165, 1.54) is 23.9 Å². The van der Waals surface area contributed by atoms with E-state index in [0.717, 1.165) is 21.7 Å². The molecule has 0 aliphatic carbocycles. The van der Waals surface area contributed by atoms with Gasteiger partial charge in [-0.15, -0.1) is 11.8 Å². The number of aromatic carboxylic acids is 1. The highest BCUT2D eigenvalue weighted by Gasteiger charge is 2.21. The Morgan fingerprint density at radius 3 is 2.56 bits per heavy atom. The highest BCUT2D eigenvalue weighted by molar-refractivity contribution is 8.45. The van der Waals surface area contributed by atoms with Gasteiger partial charge in [0.05, 0.1) is 5.97 Å². The molecule has 1 heterocycles. The Labute approximate surface area is 112 Å². The third-order valence-corrected chi connectivity index (χ3v) is 4.08. The van der Waals surface area contributed by atoms with Crippen molar-refractivity contribution in [3.05, 3.63) is 41.1 Å². The second-order valence-electron chi connectivity index (χ2n) is 3.41. The van der Waals surface area contributed by atoms with Gasteiger partial charge in [0.15, 0.2) is 0 Å². The molecule has 0 saturated carbocycles. The Morgan fingerprint density at radius 2 is 2.06 bits per heavy atom. The van der Waals surface area contributed by atoms with Crippen LogP contribution in [-0.4, -0.2) is 21.7 Å². The van der Waals surface area contributed by atoms with Crippen LogP contribution in [-0.2, 0) is 4.79 Å². The van der Waals surface area contributed by atoms with E-state index in [-0.39, 0.29) is 10.7 Å². The van der Waals surface area contributed by atoms with Gasteiger partial charge in [0, 0.05) is 0 Å². The van der Waals surface area contributed by atoms with Crippen LogP contribution in [0.5, 0.6) is 0 Å². The first-order chi connectivity index (χ1) is 8.60. The first-order valence-corrected chi connectivity index (χ1v) is 7.02. The van der Waals surface area contributed by atoms with Gasteiger partial charge in [-0.25, -0.2) is 4.99 Å². The molecule has 0 aromatic heterocycles. The molecule has 18 heavy (non-hydrogen) atoms. The molecule has 0 N–H and O–H groups in total. The smallest absolute Gasteiger partial charge is 0.244 e. The average Bonchev–Trinajstić information content (AvgIpc) is 2.71. The molecule has 0 atom stereocenters. The standard InChI is InChI=1S/C12H9NO3S2/c1-17-12-13-9(11(16)18-12)6-7-2-4-8(5-3-7)10(14)15/h2-6H,1H3,(H,14,15)/p-1/b9-6-. The van der Waals surface area contributed by atoms with Crippen molar-refractivity contribution in [3.8, 4) is 0 Å². The van der Waals surface area contributed by atoms with Gasteiger partial charge in [-0.2, -0.15) is 0 Å². The maximum Gasteiger partial charge on any atom is 0.244 e. The Kier molecular flexibility index (Phi) is 3.88. The molecule has 92 valence electrons. The van der Waals surface area contributed by atoms with Crippen molar-refractivity contribution in [2.75, 3.05) is 6.26 Å². The minimum Gasteiger partial charge on any atom is -0.545 e. The van der Waals surface area contributed by atoms with Gasteiger partial charge in [0.25, 0.3) is 0 Å². The summed E-state index contributed by atoms with van der Waals surface area (Å²) in [5.74, 6) is -1.22. The lowest BCUT2D eigenvalue weighted by atomic mass is 10.1. The Hall–Kier alpha value is -1.53. The van der Waals surface area contributed by atoms with Crippen LogP contribution in [0, 0.1) is 0 Å². The summed E-state index contributed by atoms with van der Waals surface area (Å²) in [6.45, 7) is 0. The number of carboxylic acids is 1. The van der Waals surface area contributed by atoms with E-state index in [9.17, 15) is 14.7 Å². The van der Waals surface area contributed by atoms with Gasteiger partial charge in [-0.3, -0.25) is 4.79 Å². The molecular formula is C12H8NO3S2-. The molecule has 0 spiro atoms. The molecule has 0 amide bonds. The summed E-state index contributed by atoms with van der Waals surface area (Å²) < 4.78 is 0.720. The van der Waals surface area contributed by atoms with Crippen LogP contribution in [0.4, 0.5) is 0 Å². The summed E-state index contributed by atoms with van der Waals surface area (Å²) >= 11 is 2.52. The van der Waals surface area contributed by atoms with Crippen LogP contribution < -0.4 is 5.11 Å². The molecule has 1 aliphatic rings. The minimum atomic E-state index is -1.22. The number of carbonyl (C=O) groups excluding carboxylic acids is 2. The van der Waals surface area contributed by atoms with E-state index >= 15 is 0 Å². The van der Waals surface area contributed by atoms with Gasteiger partial charge >= 0.3 is 0 Å². The van der Waals surface area contributed by atoms with Crippen molar-refractivity contribution in [2.45, 2.75) is 0 Å². The molecule has 0 radical (unpaired) electrons. The lowest BCUT2D eigenvalue weighted by Gasteiger charge is -2.01. The van der Waals surface area contributed by atoms with Crippen LogP contribution >= 0.6 is 23.5 Å². The van der Waals surface area contributed by atoms with Crippen LogP contribution in [0.3, 0.4) is 0 Å². The second kappa shape index (κ2) is 5.41. The molecule has 6 heteroatoms. The number of carboxylic acid groups (broad SMARTS) is 1. The van der Waals surface area contributed by atoms with Crippen molar-refractivity contribution in [2.24, 2.45) is 4.99 Å². The number of benzene rings is 1. The predicted octanol–water partition coefficient (Wildman–Crippen LogP) is 1.38. The molecule has 2 rings (SSSR count). The maximum absolute atomic E-state index is 11.6. The first-order valence-electron chi connectivity index (χ1n) is 4.98. The quantitative estimate of drug-likeness (QED) is 0.764. The number of carbonyl (C=O) groups is 2. The van der Waals surface area contributed by atoms with Crippen LogP contribution in [0.2, 0.25) is 0 Å². The molecule has 1 aromatic rings. The van der Waals surface area contributed by atoms with Gasteiger partial charge < -0.3 is 9.90 Å². The summed E-state index contributed by atoms with van der Waals surface area (Å²) in [5.41, 5.74) is 1.22. The Morgan fingerprint density at radius 1 is 1.39 bits per heavy atom. The highest BCUT2D eigenvalue weighted by atomic mass is 32.2. The number of nitrogens with zero attached hydrogens (tertiary/aromatic N) is 1. The zero-order valence-electron chi connectivity index (χ0n) is 9.38. The van der Waals surface area contributed by atoms with Crippen molar-refractivity contribution in [1.82, 2.24) is 0 Å². The van der Waals surface area contributed by atoms with Crippen molar-refractivity contribution >= 4 is 45.1 Å². The SMILES string of the molecule is CSC1=N/C(=C\c2ccc(C(=O)[O-])cc2)C(=O)S1. The number of aliphatic imine (C=N–C) groups is 1. The van der Waals surface area contributed by atoms with Crippen LogP contribution in [0.1, 0.15) is 15.9 Å². The summed E-state index contributed by atoms with van der Waals surface area (Å²) in [6.07, 6.45) is 3.49. The summed E-state index contributed by atoms with van der Waals surface area (Å²) in [4.78, 5) is 26.3. The van der Waals surface area contributed by atoms with Gasteiger partial charge in [0.2, 0.25) is 5.12 Å². The van der Waals surface area contributed by atoms with E-state index in [1.54, 1.807) is 18.2 Å². The van der Waals surface area contributed by atoms with Crippen LogP contribution in [0.15, 0.2) is 35.0 Å². The van der Waals surface area contributed by atoms with E-state index in [4.69, 9.17) is 0 Å². The fourth-order valence-electron chi connectivity index (χ4n) is 1.35. The van der Waals surface area contributed by atoms with E-state index in [1.807, 2.05) is 6.26 Å². The van der Waals surface area contributed by atoms with E-state index in [0.29, 0.717) is 5.70 Å². The molecule has 0 saturated heterocycles. The highest BCUT2D eigenvalue weighted by Crippen LogP contribution is 2.29. The zero-order valence-corrected chi connectivity index (χ0v) is 11.0. The molecule has 0 bridgehead atoms. The molecule has 4 nitrogen and oxygen atoms in total. The Balaban J connectivity index is 2.25. The monoisotopic (exact) mass is 278 g/mol. The number of hydrogen-bond donors (Lipinski definition) is 0. The van der Waals surface area contributed by atoms with Crippen molar-refractivity contribution < 1.29 is 14.7 Å². The lowest BCUT2D eigenvalue weighted by Crippen LogP contribution is -2.21. The minimum absolute atomic E-state index is 0.0941. The molecular weight excluding hydrogens is 270 g/mol. The third-order valence-electron chi connectivity index (χ3n) is 2.23. The maximum atomic E-state index is 11.6. The first kappa shape index (κ1) is 12.9. The summed E-state index contributed by atoms with van der Waals surface area (Å²) in [5, 5.41) is 10.5. The topological polar surface area (TPSA) is 69.6 Å². The lowest BCUT2D eigenvalue weighted by molar-refractivity contribution is -0.255. The predicted molar refractivity (Wildman–Crippen MR) is 72.3 cm³/mol. The van der Waals surface area contributed by atoms with Crippen molar-refractivity contribution in [1.29, 1.82) is 0 Å². The van der Waals surface area contributed by atoms with Gasteiger partial charge in [0.1, 0.15) is 10.1 Å². The second-order valence-corrected chi connectivity index (χ2v) is 5.43. The van der Waals surface area contributed by atoms with Crippen molar-refractivity contribution in [3.63, 3.8) is 0 Å². The Bertz CT molecular complexity index is 561. The van der Waals surface area contributed by atoms with Crippen LogP contribution in [0.25, 0.3) is 6.08 Å². The molecule has 1 aromatic carbocycles. The molecule has 1 aliphatic heterocycles. The molecule has 0 unspecified atom stereocenters. The summed E-state index contributed by atoms with van der Waals surface area (Å²) in [7, 11) is 0. The fraction of sp³-hybridized carbons (Fsp3) is 0.0833. The number of rotatable bonds is 2. The normalized spacial score (nSPS) is 17.1. The summed E-state index contributed by atoms with van der Waals surface area (Å²) in [6, 6.07) is 6.10. The van der Waals surface area contributed by atoms with Gasteiger partial charge in [-0.1, -0.05) is 24.3 Å². The number of hydrogen-bond acceptors (Lipinski definition) is 6. The van der Waals surface area contributed by atoms with Gasteiger partial charge in [-0.05, 0) is 35.2 Å². The number of thioether (sulfide) groups is 2. The molecule has 0 fully saturated rings. The zero-order chi connectivity index (χ0) is 13.1.